The molecule has 19 heavy (non-hydrogen) atoms. The van der Waals surface area contributed by atoms with Crippen molar-refractivity contribution in [3.05, 3.63) is 34.3 Å². The maximum Gasteiger partial charge on any atom is 0.154 e. The molecule has 4 nitrogen and oxygen atoms in total. The van der Waals surface area contributed by atoms with Crippen molar-refractivity contribution >= 4 is 21.4 Å². The standard InChI is InChI=1S/C13H21ClN2O2S/c1-9-5-6-10(11(14)7-9)8-12(16-15)13(2,3)19(4,17)18/h5-7,12,16H,8,15H2,1-4H3. The Morgan fingerprint density at radius 2 is 2.00 bits per heavy atom. The SMILES string of the molecule is Cc1ccc(CC(NN)C(C)(C)S(C)(=O)=O)c(Cl)c1. The van der Waals surface area contributed by atoms with E-state index in [2.05, 4.69) is 5.43 Å². The minimum Gasteiger partial charge on any atom is -0.271 e. The Kier molecular flexibility index (Phi) is 5.01. The lowest BCUT2D eigenvalue weighted by Crippen LogP contribution is -2.55. The van der Waals surface area contributed by atoms with E-state index < -0.39 is 20.6 Å². The van der Waals surface area contributed by atoms with Crippen molar-refractivity contribution in [2.24, 2.45) is 5.84 Å². The van der Waals surface area contributed by atoms with Crippen LogP contribution in [0.2, 0.25) is 5.02 Å². The highest BCUT2D eigenvalue weighted by Gasteiger charge is 2.38. The van der Waals surface area contributed by atoms with Gasteiger partial charge in [0.1, 0.15) is 0 Å². The molecule has 0 fully saturated rings. The molecule has 3 N–H and O–H groups in total. The second-order valence-corrected chi connectivity index (χ2v) is 8.40. The first-order valence-electron chi connectivity index (χ1n) is 6.00. The minimum atomic E-state index is -3.24. The van der Waals surface area contributed by atoms with Crippen LogP contribution in [-0.2, 0) is 16.3 Å². The minimum absolute atomic E-state index is 0.414. The zero-order chi connectivity index (χ0) is 14.8. The normalized spacial score (nSPS) is 14.4. The number of sulfone groups is 1. The molecule has 0 saturated heterocycles. The van der Waals surface area contributed by atoms with E-state index in [9.17, 15) is 8.42 Å². The van der Waals surface area contributed by atoms with Crippen LogP contribution in [0.4, 0.5) is 0 Å². The number of aryl methyl sites for hydroxylation is 1. The highest BCUT2D eigenvalue weighted by molar-refractivity contribution is 7.92. The van der Waals surface area contributed by atoms with Crippen molar-refractivity contribution < 1.29 is 8.42 Å². The molecule has 0 aliphatic carbocycles. The van der Waals surface area contributed by atoms with Crippen molar-refractivity contribution in [3.63, 3.8) is 0 Å². The Bertz CT molecular complexity index is 556. The number of benzene rings is 1. The second kappa shape index (κ2) is 5.79. The van der Waals surface area contributed by atoms with E-state index in [1.54, 1.807) is 13.8 Å². The van der Waals surface area contributed by atoms with Crippen LogP contribution in [0.15, 0.2) is 18.2 Å². The predicted octanol–water partition coefficient (Wildman–Crippen LogP) is 1.85. The van der Waals surface area contributed by atoms with E-state index in [0.29, 0.717) is 11.4 Å². The topological polar surface area (TPSA) is 72.2 Å². The molecule has 108 valence electrons. The zero-order valence-corrected chi connectivity index (χ0v) is 13.3. The van der Waals surface area contributed by atoms with Gasteiger partial charge >= 0.3 is 0 Å². The molecule has 0 saturated carbocycles. The molecule has 0 heterocycles. The molecular weight excluding hydrogens is 284 g/mol. The molecule has 0 aliphatic heterocycles. The van der Waals surface area contributed by atoms with Crippen molar-refractivity contribution in [2.75, 3.05) is 6.26 Å². The molecule has 1 unspecified atom stereocenters. The Labute approximate surface area is 120 Å². The van der Waals surface area contributed by atoms with Crippen LogP contribution in [0.1, 0.15) is 25.0 Å². The number of rotatable bonds is 5. The Morgan fingerprint density at radius 1 is 1.42 bits per heavy atom. The molecule has 1 aromatic carbocycles. The lowest BCUT2D eigenvalue weighted by atomic mass is 9.95. The van der Waals surface area contributed by atoms with Gasteiger partial charge in [0.05, 0.1) is 4.75 Å². The lowest BCUT2D eigenvalue weighted by molar-refractivity contribution is 0.413. The van der Waals surface area contributed by atoms with E-state index in [1.165, 1.54) is 6.26 Å². The number of nitrogens with one attached hydrogen (secondary N) is 1. The number of hydrogen-bond donors (Lipinski definition) is 2. The van der Waals surface area contributed by atoms with Gasteiger partial charge in [0.2, 0.25) is 0 Å². The van der Waals surface area contributed by atoms with Gasteiger partial charge in [-0.25, -0.2) is 8.42 Å². The lowest BCUT2D eigenvalue weighted by Gasteiger charge is -2.32. The van der Waals surface area contributed by atoms with Gasteiger partial charge in [-0.15, -0.1) is 0 Å². The molecule has 0 bridgehead atoms. The van der Waals surface area contributed by atoms with Crippen LogP contribution in [0.25, 0.3) is 0 Å². The molecule has 6 heteroatoms. The largest absolute Gasteiger partial charge is 0.271 e. The molecule has 1 rings (SSSR count). The maximum atomic E-state index is 11.9. The van der Waals surface area contributed by atoms with E-state index in [-0.39, 0.29) is 0 Å². The summed E-state index contributed by atoms with van der Waals surface area (Å²) in [6.45, 7) is 5.28. The van der Waals surface area contributed by atoms with Gasteiger partial charge in [0.15, 0.2) is 9.84 Å². The third kappa shape index (κ3) is 3.69. The number of halogens is 1. The Hall–Kier alpha value is -0.620. The van der Waals surface area contributed by atoms with E-state index >= 15 is 0 Å². The molecule has 0 spiro atoms. The number of hydrazine groups is 1. The predicted molar refractivity (Wildman–Crippen MR) is 79.9 cm³/mol. The Balaban J connectivity index is 3.07. The van der Waals surface area contributed by atoms with Crippen molar-refractivity contribution in [1.82, 2.24) is 5.43 Å². The maximum absolute atomic E-state index is 11.9. The first kappa shape index (κ1) is 16.4. The summed E-state index contributed by atoms with van der Waals surface area (Å²) < 4.78 is 22.7. The van der Waals surface area contributed by atoms with Gasteiger partial charge in [0.25, 0.3) is 0 Å². The van der Waals surface area contributed by atoms with Crippen LogP contribution in [0, 0.1) is 6.92 Å². The zero-order valence-electron chi connectivity index (χ0n) is 11.7. The third-order valence-corrected chi connectivity index (χ3v) is 6.18. The summed E-state index contributed by atoms with van der Waals surface area (Å²) in [6.07, 6.45) is 1.67. The quantitative estimate of drug-likeness (QED) is 0.643. The van der Waals surface area contributed by atoms with Gasteiger partial charge in [-0.1, -0.05) is 23.7 Å². The van der Waals surface area contributed by atoms with Crippen LogP contribution in [-0.4, -0.2) is 25.5 Å². The molecule has 0 aliphatic rings. The fourth-order valence-electron chi connectivity index (χ4n) is 1.80. The summed E-state index contributed by atoms with van der Waals surface area (Å²) in [5, 5.41) is 0.629. The highest BCUT2D eigenvalue weighted by atomic mass is 35.5. The number of hydrogen-bond acceptors (Lipinski definition) is 4. The fraction of sp³-hybridized carbons (Fsp3) is 0.538. The molecule has 1 aromatic rings. The summed E-state index contributed by atoms with van der Waals surface area (Å²) in [5.74, 6) is 5.53. The molecule has 0 amide bonds. The van der Waals surface area contributed by atoms with Gasteiger partial charge in [0, 0.05) is 17.3 Å². The van der Waals surface area contributed by atoms with Crippen molar-refractivity contribution in [2.45, 2.75) is 38.0 Å². The summed E-state index contributed by atoms with van der Waals surface area (Å²) in [6, 6.07) is 5.29. The Morgan fingerprint density at radius 3 is 2.42 bits per heavy atom. The first-order valence-corrected chi connectivity index (χ1v) is 8.27. The summed E-state index contributed by atoms with van der Waals surface area (Å²) in [4.78, 5) is 0. The number of nitrogens with two attached hydrogens (primary N) is 1. The van der Waals surface area contributed by atoms with Gasteiger partial charge in [-0.05, 0) is 44.4 Å². The molecular formula is C13H21ClN2O2S. The van der Waals surface area contributed by atoms with Crippen molar-refractivity contribution in [1.29, 1.82) is 0 Å². The van der Waals surface area contributed by atoms with Crippen LogP contribution >= 0.6 is 11.6 Å². The average molecular weight is 305 g/mol. The van der Waals surface area contributed by atoms with Gasteiger partial charge in [-0.2, -0.15) is 0 Å². The van der Waals surface area contributed by atoms with E-state index in [4.69, 9.17) is 17.4 Å². The molecule has 0 radical (unpaired) electrons. The third-order valence-electron chi connectivity index (χ3n) is 3.63. The summed E-state index contributed by atoms with van der Waals surface area (Å²) >= 11 is 6.18. The van der Waals surface area contributed by atoms with Crippen molar-refractivity contribution in [3.8, 4) is 0 Å². The van der Waals surface area contributed by atoms with E-state index in [1.807, 2.05) is 25.1 Å². The monoisotopic (exact) mass is 304 g/mol. The van der Waals surface area contributed by atoms with Gasteiger partial charge in [-0.3, -0.25) is 11.3 Å². The fourth-order valence-corrected chi connectivity index (χ4v) is 2.78. The summed E-state index contributed by atoms with van der Waals surface area (Å²) in [5.41, 5.74) is 4.55. The average Bonchev–Trinajstić information content (AvgIpc) is 2.26. The van der Waals surface area contributed by atoms with E-state index in [0.717, 1.165) is 11.1 Å². The first-order chi connectivity index (χ1) is 8.59. The summed E-state index contributed by atoms with van der Waals surface area (Å²) in [7, 11) is -3.24. The van der Waals surface area contributed by atoms with Gasteiger partial charge < -0.3 is 0 Å². The van der Waals surface area contributed by atoms with Crippen LogP contribution in [0.5, 0.6) is 0 Å². The molecule has 1 atom stereocenters. The van der Waals surface area contributed by atoms with Crippen LogP contribution in [0.3, 0.4) is 0 Å². The second-order valence-electron chi connectivity index (χ2n) is 5.39. The highest BCUT2D eigenvalue weighted by Crippen LogP contribution is 2.26. The van der Waals surface area contributed by atoms with Crippen LogP contribution < -0.4 is 11.3 Å². The molecule has 0 aromatic heterocycles. The smallest absolute Gasteiger partial charge is 0.154 e.